The normalized spacial score (nSPS) is 21.5. The number of amides is 1. The van der Waals surface area contributed by atoms with E-state index in [1.807, 2.05) is 37.3 Å². The van der Waals surface area contributed by atoms with Gasteiger partial charge in [0.1, 0.15) is 0 Å². The summed E-state index contributed by atoms with van der Waals surface area (Å²) in [5, 5.41) is 11.8. The number of halogens is 2. The molecular formula is C24H28Cl2N2O6S. The lowest BCUT2D eigenvalue weighted by molar-refractivity contribution is -0.154. The number of benzene rings is 2. The predicted molar refractivity (Wildman–Crippen MR) is 134 cm³/mol. The number of carboxylic acid groups (broad SMARTS) is 1. The molecule has 2 aromatic carbocycles. The van der Waals surface area contributed by atoms with Crippen molar-refractivity contribution in [2.45, 2.75) is 44.2 Å². The third-order valence-corrected chi connectivity index (χ3v) is 7.17. The largest absolute Gasteiger partial charge is 0.481 e. The molecule has 0 radical (unpaired) electrons. The van der Waals surface area contributed by atoms with Crippen molar-refractivity contribution in [2.24, 2.45) is 5.92 Å². The van der Waals surface area contributed by atoms with Crippen LogP contribution in [0.5, 0.6) is 0 Å². The van der Waals surface area contributed by atoms with Gasteiger partial charge in [0.2, 0.25) is 5.91 Å². The molecule has 1 N–H and O–H groups in total. The number of carbonyl (C=O) groups excluding carboxylic acids is 1. The van der Waals surface area contributed by atoms with Crippen LogP contribution in [0.25, 0.3) is 0 Å². The lowest BCUT2D eigenvalue weighted by Crippen LogP contribution is -2.54. The first kappa shape index (κ1) is 27.4. The highest BCUT2D eigenvalue weighted by atomic mass is 35.5. The number of aliphatic carboxylic acids is 1. The molecule has 0 spiro atoms. The number of nitrogens with zero attached hydrogens (tertiary/aromatic N) is 2. The van der Waals surface area contributed by atoms with Crippen LogP contribution in [0.15, 0.2) is 48.5 Å². The van der Waals surface area contributed by atoms with Gasteiger partial charge in [0.05, 0.1) is 12.5 Å². The highest BCUT2D eigenvalue weighted by Crippen LogP contribution is 2.47. The average Bonchev–Trinajstić information content (AvgIpc) is 2.78. The second-order valence-electron chi connectivity index (χ2n) is 8.61. The summed E-state index contributed by atoms with van der Waals surface area (Å²) < 4.78 is 27.0. The van der Waals surface area contributed by atoms with Crippen molar-refractivity contribution >= 4 is 46.1 Å². The number of piperidine rings is 1. The molecule has 35 heavy (non-hydrogen) atoms. The molecule has 0 aromatic heterocycles. The maximum Gasteiger partial charge on any atom is 0.304 e. The molecular weight excluding hydrogens is 515 g/mol. The van der Waals surface area contributed by atoms with E-state index in [-0.39, 0.29) is 24.8 Å². The summed E-state index contributed by atoms with van der Waals surface area (Å²) in [6, 6.07) is 13.6. The minimum Gasteiger partial charge on any atom is -0.481 e. The summed E-state index contributed by atoms with van der Waals surface area (Å²) >= 11 is 12.4. The van der Waals surface area contributed by atoms with Crippen molar-refractivity contribution in [3.05, 3.63) is 69.7 Å². The van der Waals surface area contributed by atoms with Gasteiger partial charge in [-0.1, -0.05) is 54.4 Å². The Bertz CT molecular complexity index is 1120. The number of hydrogen-bond donors (Lipinski definition) is 2. The van der Waals surface area contributed by atoms with Gasteiger partial charge < -0.3 is 10.0 Å². The first-order valence-corrected chi connectivity index (χ1v) is 13.0. The van der Waals surface area contributed by atoms with E-state index in [4.69, 9.17) is 27.5 Å². The van der Waals surface area contributed by atoms with Crippen LogP contribution >= 0.6 is 23.2 Å². The third kappa shape index (κ3) is 6.95. The zero-order valence-corrected chi connectivity index (χ0v) is 21.7. The van der Waals surface area contributed by atoms with Gasteiger partial charge in [0.15, 0.2) is 0 Å². The topological polar surface area (TPSA) is 104 Å². The van der Waals surface area contributed by atoms with Crippen LogP contribution in [0.1, 0.15) is 49.3 Å². The molecule has 0 saturated carbocycles. The van der Waals surface area contributed by atoms with Crippen LogP contribution in [-0.2, 0) is 24.9 Å². The van der Waals surface area contributed by atoms with Crippen LogP contribution < -0.4 is 0 Å². The second kappa shape index (κ2) is 12.2. The summed E-state index contributed by atoms with van der Waals surface area (Å²) in [7, 11) is -1.64. The van der Waals surface area contributed by atoms with Crippen LogP contribution in [0, 0.1) is 5.92 Å². The Kier molecular flexibility index (Phi) is 9.54. The standard InChI is InChI=1S/C24H28Cl2N2O6S/c1-3-20(14-27(2)34-35(32)33)28-23(15-7-9-18(25)10-8-15)21(16-5-4-6-19(26)11-16)12-17(24(28)31)13-22(29)30/h4-11,17,20-21,23,35H,3,12-14H2,1-2H3,(H,29,30). The maximum atomic E-state index is 13.8. The number of hydrogen-bond acceptors (Lipinski definition) is 6. The van der Waals surface area contributed by atoms with Crippen LogP contribution in [0.2, 0.25) is 10.0 Å². The smallest absolute Gasteiger partial charge is 0.304 e. The van der Waals surface area contributed by atoms with Gasteiger partial charge in [-0.3, -0.25) is 9.59 Å². The van der Waals surface area contributed by atoms with Crippen LogP contribution in [0.3, 0.4) is 0 Å². The molecule has 3 rings (SSSR count). The Morgan fingerprint density at radius 3 is 2.43 bits per heavy atom. The Morgan fingerprint density at radius 1 is 1.17 bits per heavy atom. The van der Waals surface area contributed by atoms with Gasteiger partial charge in [0.25, 0.3) is 11.0 Å². The van der Waals surface area contributed by atoms with E-state index in [1.165, 1.54) is 12.1 Å². The molecule has 0 bridgehead atoms. The van der Waals surface area contributed by atoms with Crippen molar-refractivity contribution in [1.82, 2.24) is 9.96 Å². The number of hydroxylamine groups is 2. The first-order chi connectivity index (χ1) is 16.6. The van der Waals surface area contributed by atoms with Gasteiger partial charge in [-0.05, 0) is 48.2 Å². The molecule has 2 aromatic rings. The van der Waals surface area contributed by atoms with Gasteiger partial charge >= 0.3 is 5.97 Å². The average molecular weight is 543 g/mol. The van der Waals surface area contributed by atoms with Gasteiger partial charge in [-0.25, -0.2) is 8.42 Å². The molecule has 1 heterocycles. The Balaban J connectivity index is 2.15. The molecule has 11 heteroatoms. The summed E-state index contributed by atoms with van der Waals surface area (Å²) in [6.45, 7) is 1.99. The first-order valence-electron chi connectivity index (χ1n) is 11.2. The fraction of sp³-hybridized carbons (Fsp3) is 0.417. The van der Waals surface area contributed by atoms with Gasteiger partial charge in [0, 0.05) is 41.5 Å². The number of likely N-dealkylation sites (tertiary alicyclic amines) is 1. The van der Waals surface area contributed by atoms with E-state index in [0.29, 0.717) is 22.9 Å². The SMILES string of the molecule is CCC(CN(C)O[SH](=O)=O)N1C(=O)C(CC(=O)O)CC(c2cccc(Cl)c2)C1c1ccc(Cl)cc1. The van der Waals surface area contributed by atoms with Crippen molar-refractivity contribution in [3.63, 3.8) is 0 Å². The van der Waals surface area contributed by atoms with E-state index in [2.05, 4.69) is 0 Å². The molecule has 4 unspecified atom stereocenters. The highest BCUT2D eigenvalue weighted by molar-refractivity contribution is 7.67. The lowest BCUT2D eigenvalue weighted by Gasteiger charge is -2.48. The number of thiol groups is 1. The van der Waals surface area contributed by atoms with Gasteiger partial charge in [-0.15, -0.1) is 0 Å². The van der Waals surface area contributed by atoms with E-state index < -0.39 is 35.0 Å². The Labute approximate surface area is 216 Å². The molecule has 1 aliphatic rings. The summed E-state index contributed by atoms with van der Waals surface area (Å²) in [5.41, 5.74) is 1.71. The minimum absolute atomic E-state index is 0.109. The van der Waals surface area contributed by atoms with Gasteiger partial charge in [-0.2, -0.15) is 9.35 Å². The zero-order valence-electron chi connectivity index (χ0n) is 19.3. The minimum atomic E-state index is -3.12. The van der Waals surface area contributed by atoms with E-state index >= 15 is 0 Å². The van der Waals surface area contributed by atoms with Crippen molar-refractivity contribution in [1.29, 1.82) is 0 Å². The molecule has 1 saturated heterocycles. The second-order valence-corrected chi connectivity index (χ2v) is 10.1. The summed E-state index contributed by atoms with van der Waals surface area (Å²) in [6.07, 6.45) is 0.501. The number of carboxylic acids is 1. The van der Waals surface area contributed by atoms with E-state index in [9.17, 15) is 23.1 Å². The summed E-state index contributed by atoms with van der Waals surface area (Å²) in [4.78, 5) is 27.1. The Hall–Kier alpha value is -2.17. The fourth-order valence-electron chi connectivity index (χ4n) is 4.83. The molecule has 1 amide bonds. The third-order valence-electron chi connectivity index (χ3n) is 6.27. The Morgan fingerprint density at radius 2 is 1.86 bits per heavy atom. The maximum absolute atomic E-state index is 13.8. The van der Waals surface area contributed by atoms with Crippen LogP contribution in [0.4, 0.5) is 0 Å². The van der Waals surface area contributed by atoms with Crippen molar-refractivity contribution < 1.29 is 27.4 Å². The number of likely N-dealkylation sites (N-methyl/N-ethyl adjacent to an activating group) is 1. The predicted octanol–water partition coefficient (Wildman–Crippen LogP) is 4.31. The van der Waals surface area contributed by atoms with Crippen molar-refractivity contribution in [3.8, 4) is 0 Å². The lowest BCUT2D eigenvalue weighted by atomic mass is 9.74. The number of rotatable bonds is 10. The van der Waals surface area contributed by atoms with Crippen molar-refractivity contribution in [2.75, 3.05) is 13.6 Å². The fourth-order valence-corrected chi connectivity index (χ4v) is 5.45. The van der Waals surface area contributed by atoms with E-state index in [1.54, 1.807) is 23.1 Å². The van der Waals surface area contributed by atoms with Crippen LogP contribution in [-0.4, -0.2) is 55.0 Å². The molecule has 1 fully saturated rings. The van der Waals surface area contributed by atoms with E-state index in [0.717, 1.165) is 11.1 Å². The molecule has 190 valence electrons. The molecule has 8 nitrogen and oxygen atoms in total. The highest BCUT2D eigenvalue weighted by Gasteiger charge is 2.46. The molecule has 4 atom stereocenters. The quantitative estimate of drug-likeness (QED) is 0.340. The molecule has 0 aliphatic carbocycles. The molecule has 1 aliphatic heterocycles. The zero-order chi connectivity index (χ0) is 25.7. The number of carbonyl (C=O) groups is 2. The monoisotopic (exact) mass is 542 g/mol. The summed E-state index contributed by atoms with van der Waals surface area (Å²) in [5.74, 6) is -2.36.